The molecule has 6 heteroatoms. The molecule has 0 saturated heterocycles. The molecule has 0 fully saturated rings. The van der Waals surface area contributed by atoms with Crippen LogP contribution in [-0.2, 0) is 6.54 Å². The van der Waals surface area contributed by atoms with Gasteiger partial charge >= 0.3 is 0 Å². The SMILES string of the molecule is O=C(Nc1ccnn1Cc1ccccc1)c1ccc2ncsc2c1. The monoisotopic (exact) mass is 334 g/mol. The van der Waals surface area contributed by atoms with E-state index in [1.165, 1.54) is 11.3 Å². The van der Waals surface area contributed by atoms with E-state index < -0.39 is 0 Å². The van der Waals surface area contributed by atoms with Crippen molar-refractivity contribution in [3.05, 3.63) is 77.4 Å². The summed E-state index contributed by atoms with van der Waals surface area (Å²) in [6.07, 6.45) is 1.69. The van der Waals surface area contributed by atoms with Gasteiger partial charge in [0.05, 0.1) is 28.5 Å². The van der Waals surface area contributed by atoms with Gasteiger partial charge in [0, 0.05) is 11.6 Å². The molecule has 0 atom stereocenters. The van der Waals surface area contributed by atoms with Crippen molar-refractivity contribution in [2.24, 2.45) is 0 Å². The number of hydrogen-bond acceptors (Lipinski definition) is 4. The molecule has 118 valence electrons. The number of carbonyl (C=O) groups excluding carboxylic acids is 1. The summed E-state index contributed by atoms with van der Waals surface area (Å²) in [7, 11) is 0. The van der Waals surface area contributed by atoms with E-state index in [9.17, 15) is 4.79 Å². The zero-order valence-electron chi connectivity index (χ0n) is 12.7. The minimum atomic E-state index is -0.153. The molecule has 0 aliphatic rings. The maximum Gasteiger partial charge on any atom is 0.256 e. The molecule has 1 N–H and O–H groups in total. The molecule has 0 bridgehead atoms. The van der Waals surface area contributed by atoms with Gasteiger partial charge in [-0.05, 0) is 23.8 Å². The number of aromatic nitrogens is 3. The second kappa shape index (κ2) is 6.25. The maximum atomic E-state index is 12.5. The minimum absolute atomic E-state index is 0.153. The molecule has 1 amide bonds. The Morgan fingerprint density at radius 3 is 2.88 bits per heavy atom. The van der Waals surface area contributed by atoms with Crippen LogP contribution in [0.4, 0.5) is 5.82 Å². The van der Waals surface area contributed by atoms with Gasteiger partial charge in [-0.3, -0.25) is 4.79 Å². The highest BCUT2D eigenvalue weighted by Crippen LogP contribution is 2.20. The molecule has 0 aliphatic carbocycles. The molecule has 4 aromatic rings. The molecule has 0 radical (unpaired) electrons. The average Bonchev–Trinajstić information content (AvgIpc) is 3.24. The summed E-state index contributed by atoms with van der Waals surface area (Å²) >= 11 is 1.52. The second-order valence-corrected chi connectivity index (χ2v) is 6.24. The third-order valence-electron chi connectivity index (χ3n) is 3.73. The van der Waals surface area contributed by atoms with E-state index in [4.69, 9.17) is 0 Å². The predicted octanol–water partition coefficient (Wildman–Crippen LogP) is 3.79. The third kappa shape index (κ3) is 2.91. The van der Waals surface area contributed by atoms with Crippen molar-refractivity contribution >= 4 is 33.3 Å². The topological polar surface area (TPSA) is 59.8 Å². The number of nitrogens with zero attached hydrogens (tertiary/aromatic N) is 3. The number of amides is 1. The van der Waals surface area contributed by atoms with Crippen molar-refractivity contribution in [3.63, 3.8) is 0 Å². The smallest absolute Gasteiger partial charge is 0.256 e. The number of anilines is 1. The quantitative estimate of drug-likeness (QED) is 0.617. The number of carbonyl (C=O) groups is 1. The highest BCUT2D eigenvalue weighted by atomic mass is 32.1. The Bertz CT molecular complexity index is 990. The molecule has 24 heavy (non-hydrogen) atoms. The van der Waals surface area contributed by atoms with Crippen LogP contribution in [0, 0.1) is 0 Å². The molecule has 4 rings (SSSR count). The largest absolute Gasteiger partial charge is 0.307 e. The Kier molecular flexibility index (Phi) is 3.80. The van der Waals surface area contributed by atoms with Gasteiger partial charge < -0.3 is 5.32 Å². The lowest BCUT2D eigenvalue weighted by molar-refractivity contribution is 0.102. The number of nitrogens with one attached hydrogen (secondary N) is 1. The first-order valence-corrected chi connectivity index (χ1v) is 8.38. The summed E-state index contributed by atoms with van der Waals surface area (Å²) in [5.41, 5.74) is 4.43. The number of hydrogen-bond donors (Lipinski definition) is 1. The van der Waals surface area contributed by atoms with E-state index in [0.29, 0.717) is 17.9 Å². The van der Waals surface area contributed by atoms with Gasteiger partial charge in [-0.15, -0.1) is 11.3 Å². The lowest BCUT2D eigenvalue weighted by Crippen LogP contribution is -2.16. The van der Waals surface area contributed by atoms with Crippen molar-refractivity contribution in [2.45, 2.75) is 6.54 Å². The standard InChI is InChI=1S/C18H14N4OS/c23-18(14-6-7-15-16(10-14)24-12-19-15)21-17-8-9-20-22(17)11-13-4-2-1-3-5-13/h1-10,12H,11H2,(H,21,23). The Morgan fingerprint density at radius 1 is 1.12 bits per heavy atom. The van der Waals surface area contributed by atoms with Crippen LogP contribution in [0.15, 0.2) is 66.3 Å². The van der Waals surface area contributed by atoms with Gasteiger partial charge in [0.2, 0.25) is 0 Å². The molecule has 5 nitrogen and oxygen atoms in total. The van der Waals surface area contributed by atoms with Gasteiger partial charge in [-0.25, -0.2) is 9.67 Å². The number of rotatable bonds is 4. The van der Waals surface area contributed by atoms with E-state index in [0.717, 1.165) is 15.8 Å². The van der Waals surface area contributed by atoms with E-state index in [1.54, 1.807) is 28.5 Å². The number of fused-ring (bicyclic) bond motifs is 1. The van der Waals surface area contributed by atoms with Gasteiger partial charge in [-0.2, -0.15) is 5.10 Å². The van der Waals surface area contributed by atoms with E-state index in [1.807, 2.05) is 42.5 Å². The normalized spacial score (nSPS) is 10.8. The number of benzene rings is 2. The summed E-state index contributed by atoms with van der Waals surface area (Å²) in [4.78, 5) is 16.7. The van der Waals surface area contributed by atoms with Crippen LogP contribution in [0.3, 0.4) is 0 Å². The Morgan fingerprint density at radius 2 is 2.00 bits per heavy atom. The molecule has 2 heterocycles. The fourth-order valence-corrected chi connectivity index (χ4v) is 3.22. The van der Waals surface area contributed by atoms with Crippen molar-refractivity contribution in [1.82, 2.24) is 14.8 Å². The number of thiazole rings is 1. The molecular weight excluding hydrogens is 320 g/mol. The van der Waals surface area contributed by atoms with E-state index in [2.05, 4.69) is 15.4 Å². The molecule has 0 saturated carbocycles. The van der Waals surface area contributed by atoms with Gasteiger partial charge in [0.1, 0.15) is 5.82 Å². The Balaban J connectivity index is 1.55. The van der Waals surface area contributed by atoms with Crippen LogP contribution < -0.4 is 5.32 Å². The van der Waals surface area contributed by atoms with Crippen molar-refractivity contribution < 1.29 is 4.79 Å². The van der Waals surface area contributed by atoms with Crippen LogP contribution in [-0.4, -0.2) is 20.7 Å². The van der Waals surface area contributed by atoms with E-state index in [-0.39, 0.29) is 5.91 Å². The van der Waals surface area contributed by atoms with Gasteiger partial charge in [0.15, 0.2) is 0 Å². The molecule has 0 unspecified atom stereocenters. The Labute approximate surface area is 142 Å². The van der Waals surface area contributed by atoms with Crippen LogP contribution in [0.1, 0.15) is 15.9 Å². The lowest BCUT2D eigenvalue weighted by Gasteiger charge is -2.09. The first kappa shape index (κ1) is 14.6. The summed E-state index contributed by atoms with van der Waals surface area (Å²) < 4.78 is 2.78. The first-order chi connectivity index (χ1) is 11.8. The predicted molar refractivity (Wildman–Crippen MR) is 95.3 cm³/mol. The third-order valence-corrected chi connectivity index (χ3v) is 4.52. The van der Waals surface area contributed by atoms with Crippen LogP contribution in [0.25, 0.3) is 10.2 Å². The summed E-state index contributed by atoms with van der Waals surface area (Å²) in [5, 5.41) is 7.22. The van der Waals surface area contributed by atoms with Crippen molar-refractivity contribution in [2.75, 3.05) is 5.32 Å². The van der Waals surface area contributed by atoms with E-state index >= 15 is 0 Å². The van der Waals surface area contributed by atoms with Gasteiger partial charge in [0.25, 0.3) is 5.91 Å². The van der Waals surface area contributed by atoms with Crippen LogP contribution >= 0.6 is 11.3 Å². The van der Waals surface area contributed by atoms with Crippen molar-refractivity contribution in [3.8, 4) is 0 Å². The Hall–Kier alpha value is -2.99. The minimum Gasteiger partial charge on any atom is -0.307 e. The summed E-state index contributed by atoms with van der Waals surface area (Å²) in [5.74, 6) is 0.522. The fraction of sp³-hybridized carbons (Fsp3) is 0.0556. The van der Waals surface area contributed by atoms with Crippen LogP contribution in [0.2, 0.25) is 0 Å². The molecule has 2 aromatic carbocycles. The van der Waals surface area contributed by atoms with Crippen LogP contribution in [0.5, 0.6) is 0 Å². The molecule has 0 spiro atoms. The highest BCUT2D eigenvalue weighted by Gasteiger charge is 2.11. The molecule has 2 aromatic heterocycles. The zero-order valence-corrected chi connectivity index (χ0v) is 13.5. The molecule has 0 aliphatic heterocycles. The summed E-state index contributed by atoms with van der Waals surface area (Å²) in [6, 6.07) is 17.3. The first-order valence-electron chi connectivity index (χ1n) is 7.50. The fourth-order valence-electron chi connectivity index (χ4n) is 2.51. The van der Waals surface area contributed by atoms with Crippen molar-refractivity contribution in [1.29, 1.82) is 0 Å². The second-order valence-electron chi connectivity index (χ2n) is 5.35. The zero-order chi connectivity index (χ0) is 16.4. The molecular formula is C18H14N4OS. The lowest BCUT2D eigenvalue weighted by atomic mass is 10.2. The average molecular weight is 334 g/mol. The summed E-state index contributed by atoms with van der Waals surface area (Å²) in [6.45, 7) is 0.608. The van der Waals surface area contributed by atoms with Gasteiger partial charge in [-0.1, -0.05) is 30.3 Å². The maximum absolute atomic E-state index is 12.5. The highest BCUT2D eigenvalue weighted by molar-refractivity contribution is 7.16.